The number of hydrogen-bond acceptors (Lipinski definition) is 4. The van der Waals surface area contributed by atoms with E-state index in [1.807, 2.05) is 0 Å². The molecule has 1 aromatic carbocycles. The van der Waals surface area contributed by atoms with Crippen molar-refractivity contribution in [2.75, 3.05) is 39.3 Å². The highest BCUT2D eigenvalue weighted by atomic mass is 19.1. The molecule has 2 aromatic rings. The number of carbonyl (C=O) groups excluding carboxylic acids is 2. The summed E-state index contributed by atoms with van der Waals surface area (Å²) in [5.41, 5.74) is 1.10. The molecular formula is C19H21FN4O2. The van der Waals surface area contributed by atoms with Crippen molar-refractivity contribution in [1.29, 1.82) is 0 Å². The number of amides is 2. The molecule has 1 fully saturated rings. The molecule has 7 heteroatoms. The lowest BCUT2D eigenvalue weighted by Gasteiger charge is -2.34. The van der Waals surface area contributed by atoms with Gasteiger partial charge in [0.1, 0.15) is 5.82 Å². The summed E-state index contributed by atoms with van der Waals surface area (Å²) >= 11 is 0. The number of nitrogens with one attached hydrogen (secondary N) is 1. The van der Waals surface area contributed by atoms with E-state index in [0.717, 1.165) is 19.6 Å². The molecule has 1 saturated heterocycles. The maximum absolute atomic E-state index is 13.0. The van der Waals surface area contributed by atoms with Crippen LogP contribution in [0, 0.1) is 5.82 Å². The molecule has 0 unspecified atom stereocenters. The fraction of sp³-hybridized carbons (Fsp3) is 0.316. The second kappa shape index (κ2) is 8.53. The first-order valence-electron chi connectivity index (χ1n) is 8.59. The minimum atomic E-state index is -0.347. The quantitative estimate of drug-likeness (QED) is 0.880. The zero-order chi connectivity index (χ0) is 18.4. The summed E-state index contributed by atoms with van der Waals surface area (Å²) in [5.74, 6) is -0.534. The van der Waals surface area contributed by atoms with Crippen LogP contribution < -0.4 is 5.32 Å². The van der Waals surface area contributed by atoms with Crippen LogP contribution in [0.15, 0.2) is 48.8 Å². The van der Waals surface area contributed by atoms with Crippen molar-refractivity contribution < 1.29 is 14.0 Å². The molecule has 0 bridgehead atoms. The smallest absolute Gasteiger partial charge is 0.253 e. The van der Waals surface area contributed by atoms with Crippen molar-refractivity contribution in [3.8, 4) is 0 Å². The van der Waals surface area contributed by atoms with Crippen molar-refractivity contribution in [1.82, 2.24) is 20.1 Å². The molecule has 1 aliphatic heterocycles. The Hall–Kier alpha value is -2.80. The van der Waals surface area contributed by atoms with Crippen LogP contribution in [0.5, 0.6) is 0 Å². The van der Waals surface area contributed by atoms with E-state index in [0.29, 0.717) is 30.8 Å². The predicted molar refractivity (Wildman–Crippen MR) is 95.3 cm³/mol. The Bertz CT molecular complexity index is 744. The van der Waals surface area contributed by atoms with Crippen LogP contribution in [0.25, 0.3) is 0 Å². The molecule has 1 aliphatic rings. The number of aromatic nitrogens is 1. The Kier molecular flexibility index (Phi) is 5.91. The molecule has 0 aliphatic carbocycles. The van der Waals surface area contributed by atoms with E-state index in [2.05, 4.69) is 15.2 Å². The summed E-state index contributed by atoms with van der Waals surface area (Å²) in [6.45, 7) is 4.02. The molecule has 1 aromatic heterocycles. The first kappa shape index (κ1) is 18.0. The summed E-state index contributed by atoms with van der Waals surface area (Å²) in [6.07, 6.45) is 3.18. The molecule has 3 rings (SSSR count). The molecule has 136 valence electrons. The third-order valence-corrected chi connectivity index (χ3v) is 4.41. The van der Waals surface area contributed by atoms with Crippen LogP contribution >= 0.6 is 0 Å². The lowest BCUT2D eigenvalue weighted by atomic mass is 10.2. The first-order chi connectivity index (χ1) is 12.6. The molecule has 0 spiro atoms. The molecular weight excluding hydrogens is 335 g/mol. The number of rotatable bonds is 5. The summed E-state index contributed by atoms with van der Waals surface area (Å²) in [7, 11) is 0. The Balaban J connectivity index is 1.40. The second-order valence-electron chi connectivity index (χ2n) is 6.13. The van der Waals surface area contributed by atoms with Gasteiger partial charge in [-0.25, -0.2) is 4.39 Å². The topological polar surface area (TPSA) is 65.5 Å². The molecule has 1 N–H and O–H groups in total. The number of pyridine rings is 1. The van der Waals surface area contributed by atoms with Crippen LogP contribution in [0.1, 0.15) is 20.7 Å². The maximum atomic E-state index is 13.0. The average Bonchev–Trinajstić information content (AvgIpc) is 2.69. The molecule has 2 heterocycles. The first-order valence-corrected chi connectivity index (χ1v) is 8.59. The Morgan fingerprint density at radius 3 is 2.27 bits per heavy atom. The van der Waals surface area contributed by atoms with Crippen LogP contribution in [-0.4, -0.2) is 65.9 Å². The molecule has 2 amide bonds. The van der Waals surface area contributed by atoms with Crippen LogP contribution in [0.4, 0.5) is 4.39 Å². The lowest BCUT2D eigenvalue weighted by molar-refractivity contribution is 0.0638. The Morgan fingerprint density at radius 2 is 1.62 bits per heavy atom. The van der Waals surface area contributed by atoms with E-state index >= 15 is 0 Å². The summed E-state index contributed by atoms with van der Waals surface area (Å²) < 4.78 is 13.0. The largest absolute Gasteiger partial charge is 0.351 e. The van der Waals surface area contributed by atoms with Gasteiger partial charge in [0.25, 0.3) is 11.8 Å². The van der Waals surface area contributed by atoms with Gasteiger partial charge in [-0.05, 0) is 36.4 Å². The van der Waals surface area contributed by atoms with Gasteiger partial charge in [0.05, 0.1) is 0 Å². The van der Waals surface area contributed by atoms with Gasteiger partial charge in [-0.3, -0.25) is 19.5 Å². The van der Waals surface area contributed by atoms with Gasteiger partial charge in [0, 0.05) is 62.8 Å². The zero-order valence-electron chi connectivity index (χ0n) is 14.4. The molecule has 0 saturated carbocycles. The molecule has 0 radical (unpaired) electrons. The van der Waals surface area contributed by atoms with E-state index < -0.39 is 0 Å². The standard InChI is InChI=1S/C19H21FN4O2/c20-17-3-1-16(2-4-17)19(26)24-13-11-23(12-14-24)10-9-22-18(25)15-5-7-21-8-6-15/h1-8H,9-14H2,(H,22,25). The highest BCUT2D eigenvalue weighted by molar-refractivity contribution is 5.94. The van der Waals surface area contributed by atoms with Crippen LogP contribution in [-0.2, 0) is 0 Å². The number of nitrogens with zero attached hydrogens (tertiary/aromatic N) is 3. The third-order valence-electron chi connectivity index (χ3n) is 4.41. The summed E-state index contributed by atoms with van der Waals surface area (Å²) in [6, 6.07) is 8.98. The van der Waals surface area contributed by atoms with E-state index in [4.69, 9.17) is 0 Å². The number of carbonyl (C=O) groups is 2. The number of hydrogen-bond donors (Lipinski definition) is 1. The molecule has 26 heavy (non-hydrogen) atoms. The third kappa shape index (κ3) is 4.64. The van der Waals surface area contributed by atoms with Crippen LogP contribution in [0.2, 0.25) is 0 Å². The fourth-order valence-electron chi connectivity index (χ4n) is 2.88. The van der Waals surface area contributed by atoms with Crippen LogP contribution in [0.3, 0.4) is 0 Å². The highest BCUT2D eigenvalue weighted by Crippen LogP contribution is 2.10. The van der Waals surface area contributed by atoms with Crippen molar-refractivity contribution in [2.45, 2.75) is 0 Å². The van der Waals surface area contributed by atoms with Gasteiger partial charge in [-0.1, -0.05) is 0 Å². The molecule has 6 nitrogen and oxygen atoms in total. The normalized spacial score (nSPS) is 14.9. The van der Waals surface area contributed by atoms with Gasteiger partial charge < -0.3 is 10.2 Å². The van der Waals surface area contributed by atoms with Crippen molar-refractivity contribution >= 4 is 11.8 Å². The number of piperazine rings is 1. The van der Waals surface area contributed by atoms with E-state index in [1.54, 1.807) is 29.4 Å². The summed E-state index contributed by atoms with van der Waals surface area (Å²) in [5, 5.41) is 2.89. The second-order valence-corrected chi connectivity index (χ2v) is 6.13. The van der Waals surface area contributed by atoms with Crippen molar-refractivity contribution in [3.63, 3.8) is 0 Å². The Morgan fingerprint density at radius 1 is 0.962 bits per heavy atom. The summed E-state index contributed by atoms with van der Waals surface area (Å²) in [4.78, 5) is 32.2. The highest BCUT2D eigenvalue weighted by Gasteiger charge is 2.22. The van der Waals surface area contributed by atoms with Gasteiger partial charge in [0.2, 0.25) is 0 Å². The maximum Gasteiger partial charge on any atom is 0.253 e. The van der Waals surface area contributed by atoms with Crippen molar-refractivity contribution in [3.05, 3.63) is 65.7 Å². The van der Waals surface area contributed by atoms with Gasteiger partial charge in [-0.15, -0.1) is 0 Å². The lowest BCUT2D eigenvalue weighted by Crippen LogP contribution is -2.50. The minimum absolute atomic E-state index is 0.0735. The van der Waals surface area contributed by atoms with E-state index in [-0.39, 0.29) is 17.6 Å². The average molecular weight is 356 g/mol. The number of halogens is 1. The fourth-order valence-corrected chi connectivity index (χ4v) is 2.88. The van der Waals surface area contributed by atoms with Gasteiger partial charge in [0.15, 0.2) is 0 Å². The van der Waals surface area contributed by atoms with Crippen molar-refractivity contribution in [2.24, 2.45) is 0 Å². The predicted octanol–water partition coefficient (Wildman–Crippen LogP) is 1.41. The van der Waals surface area contributed by atoms with E-state index in [9.17, 15) is 14.0 Å². The molecule has 0 atom stereocenters. The number of benzene rings is 1. The van der Waals surface area contributed by atoms with E-state index in [1.165, 1.54) is 24.3 Å². The SMILES string of the molecule is O=C(NCCN1CCN(C(=O)c2ccc(F)cc2)CC1)c1ccncc1. The zero-order valence-corrected chi connectivity index (χ0v) is 14.4. The van der Waals surface area contributed by atoms with Gasteiger partial charge in [-0.2, -0.15) is 0 Å². The minimum Gasteiger partial charge on any atom is -0.351 e. The van der Waals surface area contributed by atoms with Gasteiger partial charge >= 0.3 is 0 Å². The Labute approximate surface area is 151 Å². The monoisotopic (exact) mass is 356 g/mol.